The maximum Gasteiger partial charge on any atom is 0.406 e. The van der Waals surface area contributed by atoms with Gasteiger partial charge in [-0.2, -0.15) is 13.2 Å². The van der Waals surface area contributed by atoms with Crippen molar-refractivity contribution >= 4 is 5.91 Å². The quantitative estimate of drug-likeness (QED) is 0.651. The van der Waals surface area contributed by atoms with Gasteiger partial charge in [0.2, 0.25) is 5.91 Å². The molecule has 1 unspecified atom stereocenters. The van der Waals surface area contributed by atoms with Gasteiger partial charge in [-0.3, -0.25) is 9.69 Å². The molecule has 1 aromatic carbocycles. The van der Waals surface area contributed by atoms with Crippen LogP contribution in [-0.4, -0.2) is 67.8 Å². The van der Waals surface area contributed by atoms with Crippen LogP contribution in [0, 0.1) is 6.92 Å². The molecule has 1 fully saturated rings. The Morgan fingerprint density at radius 3 is 2.52 bits per heavy atom. The van der Waals surface area contributed by atoms with Crippen LogP contribution in [0.25, 0.3) is 0 Å². The Morgan fingerprint density at radius 1 is 1.19 bits per heavy atom. The van der Waals surface area contributed by atoms with Crippen molar-refractivity contribution in [2.75, 3.05) is 45.9 Å². The first-order chi connectivity index (χ1) is 14.8. The molecule has 6 nitrogen and oxygen atoms in total. The van der Waals surface area contributed by atoms with E-state index in [9.17, 15) is 18.0 Å². The number of carbonyl (C=O) groups is 1. The second-order valence-electron chi connectivity index (χ2n) is 7.70. The SMILES string of the molecule is Cc1ccc(C(CN2CCOCC2)NCC(=O)N(Cc2ccco2)CC(F)(F)F)cc1. The van der Waals surface area contributed by atoms with Crippen molar-refractivity contribution in [3.05, 3.63) is 59.5 Å². The maximum absolute atomic E-state index is 13.0. The zero-order valence-corrected chi connectivity index (χ0v) is 17.5. The number of amides is 1. The van der Waals surface area contributed by atoms with Crippen LogP contribution in [0.1, 0.15) is 22.9 Å². The minimum atomic E-state index is -4.49. The number of nitrogens with one attached hydrogen (secondary N) is 1. The normalized spacial score (nSPS) is 16.3. The predicted molar refractivity (Wildman–Crippen MR) is 109 cm³/mol. The zero-order valence-electron chi connectivity index (χ0n) is 17.5. The lowest BCUT2D eigenvalue weighted by molar-refractivity contribution is -0.162. The third-order valence-electron chi connectivity index (χ3n) is 5.17. The molecule has 1 aromatic heterocycles. The maximum atomic E-state index is 13.0. The second-order valence-corrected chi connectivity index (χ2v) is 7.70. The predicted octanol–water partition coefficient (Wildman–Crippen LogP) is 3.14. The van der Waals surface area contributed by atoms with Crippen LogP contribution in [0.3, 0.4) is 0 Å². The number of hydrogen-bond acceptors (Lipinski definition) is 5. The fourth-order valence-corrected chi connectivity index (χ4v) is 3.49. The van der Waals surface area contributed by atoms with Gasteiger partial charge in [0.05, 0.1) is 32.6 Å². The third-order valence-corrected chi connectivity index (χ3v) is 5.17. The molecule has 2 heterocycles. The minimum Gasteiger partial charge on any atom is -0.467 e. The standard InChI is InChI=1S/C22H28F3N3O3/c1-17-4-6-18(7-5-17)20(15-27-8-11-30-12-9-27)26-13-21(29)28(16-22(23,24)25)14-19-3-2-10-31-19/h2-7,10,20,26H,8-9,11-16H2,1H3. The van der Waals surface area contributed by atoms with Gasteiger partial charge in [-0.1, -0.05) is 29.8 Å². The monoisotopic (exact) mass is 439 g/mol. The largest absolute Gasteiger partial charge is 0.467 e. The molecule has 2 aromatic rings. The highest BCUT2D eigenvalue weighted by Gasteiger charge is 2.33. The van der Waals surface area contributed by atoms with Gasteiger partial charge < -0.3 is 19.4 Å². The highest BCUT2D eigenvalue weighted by atomic mass is 19.4. The molecule has 1 atom stereocenters. The van der Waals surface area contributed by atoms with Gasteiger partial charge in [0, 0.05) is 25.7 Å². The Hall–Kier alpha value is -2.36. The van der Waals surface area contributed by atoms with Crippen molar-refractivity contribution in [3.63, 3.8) is 0 Å². The number of carbonyl (C=O) groups excluding carboxylic acids is 1. The van der Waals surface area contributed by atoms with E-state index in [-0.39, 0.29) is 19.1 Å². The Morgan fingerprint density at radius 2 is 1.90 bits per heavy atom. The number of hydrogen-bond donors (Lipinski definition) is 1. The summed E-state index contributed by atoms with van der Waals surface area (Å²) in [5.74, 6) is -0.325. The molecule has 1 saturated heterocycles. The first kappa shape index (κ1) is 23.3. The van der Waals surface area contributed by atoms with Gasteiger partial charge in [-0.15, -0.1) is 0 Å². The fourth-order valence-electron chi connectivity index (χ4n) is 3.49. The molecular formula is C22H28F3N3O3. The fraction of sp³-hybridized carbons (Fsp3) is 0.500. The van der Waals surface area contributed by atoms with Crippen molar-refractivity contribution in [3.8, 4) is 0 Å². The number of rotatable bonds is 9. The molecule has 1 aliphatic rings. The molecule has 1 amide bonds. The third kappa shape index (κ3) is 7.68. The highest BCUT2D eigenvalue weighted by molar-refractivity contribution is 5.78. The van der Waals surface area contributed by atoms with E-state index in [1.165, 1.54) is 6.26 Å². The van der Waals surface area contributed by atoms with Crippen LogP contribution in [0.5, 0.6) is 0 Å². The van der Waals surface area contributed by atoms with Crippen LogP contribution in [0.2, 0.25) is 0 Å². The number of ether oxygens (including phenoxy) is 1. The van der Waals surface area contributed by atoms with Gasteiger partial charge in [0.25, 0.3) is 0 Å². The molecule has 1 aliphatic heterocycles. The number of alkyl halides is 3. The first-order valence-electron chi connectivity index (χ1n) is 10.3. The summed E-state index contributed by atoms with van der Waals surface area (Å²) >= 11 is 0. The summed E-state index contributed by atoms with van der Waals surface area (Å²) in [6, 6.07) is 10.9. The molecule has 31 heavy (non-hydrogen) atoms. The topological polar surface area (TPSA) is 58.0 Å². The van der Waals surface area contributed by atoms with E-state index in [0.29, 0.717) is 25.5 Å². The summed E-state index contributed by atoms with van der Waals surface area (Å²) in [6.45, 7) is 3.69. The number of aryl methyl sites for hydroxylation is 1. The van der Waals surface area contributed by atoms with Crippen molar-refractivity contribution in [2.45, 2.75) is 25.7 Å². The van der Waals surface area contributed by atoms with Gasteiger partial charge >= 0.3 is 6.18 Å². The Kier molecular flexibility index (Phi) is 8.11. The van der Waals surface area contributed by atoms with Crippen LogP contribution in [-0.2, 0) is 16.1 Å². The molecule has 170 valence electrons. The smallest absolute Gasteiger partial charge is 0.406 e. The van der Waals surface area contributed by atoms with Crippen LogP contribution >= 0.6 is 0 Å². The summed E-state index contributed by atoms with van der Waals surface area (Å²) in [5, 5.41) is 3.18. The molecule has 0 bridgehead atoms. The van der Waals surface area contributed by atoms with E-state index in [0.717, 1.165) is 29.1 Å². The number of benzene rings is 1. The van der Waals surface area contributed by atoms with Crippen LogP contribution in [0.4, 0.5) is 13.2 Å². The van der Waals surface area contributed by atoms with Gasteiger partial charge in [-0.25, -0.2) is 0 Å². The van der Waals surface area contributed by atoms with Crippen molar-refractivity contribution in [1.82, 2.24) is 15.1 Å². The molecule has 0 saturated carbocycles. The molecule has 1 N–H and O–H groups in total. The highest BCUT2D eigenvalue weighted by Crippen LogP contribution is 2.20. The average molecular weight is 439 g/mol. The van der Waals surface area contributed by atoms with Crippen molar-refractivity contribution < 1.29 is 27.1 Å². The van der Waals surface area contributed by atoms with E-state index < -0.39 is 18.6 Å². The Bertz CT molecular complexity index is 804. The van der Waals surface area contributed by atoms with Crippen molar-refractivity contribution in [1.29, 1.82) is 0 Å². The lowest BCUT2D eigenvalue weighted by Crippen LogP contribution is -2.46. The van der Waals surface area contributed by atoms with E-state index in [1.807, 2.05) is 31.2 Å². The molecular weight excluding hydrogens is 411 g/mol. The average Bonchev–Trinajstić information content (AvgIpc) is 3.24. The van der Waals surface area contributed by atoms with E-state index >= 15 is 0 Å². The number of furan rings is 1. The van der Waals surface area contributed by atoms with Crippen LogP contribution in [0.15, 0.2) is 47.1 Å². The van der Waals surface area contributed by atoms with E-state index in [2.05, 4.69) is 10.2 Å². The first-order valence-corrected chi connectivity index (χ1v) is 10.3. The van der Waals surface area contributed by atoms with E-state index in [1.54, 1.807) is 12.1 Å². The molecule has 0 aliphatic carbocycles. The Labute approximate surface area is 179 Å². The lowest BCUT2D eigenvalue weighted by atomic mass is 10.0. The second kappa shape index (κ2) is 10.8. The summed E-state index contributed by atoms with van der Waals surface area (Å²) in [5.41, 5.74) is 2.10. The number of halogens is 3. The van der Waals surface area contributed by atoms with Crippen molar-refractivity contribution in [2.24, 2.45) is 0 Å². The summed E-state index contributed by atoms with van der Waals surface area (Å²) in [6.07, 6.45) is -3.12. The number of nitrogens with zero attached hydrogens (tertiary/aromatic N) is 2. The molecule has 0 radical (unpaired) electrons. The molecule has 0 spiro atoms. The van der Waals surface area contributed by atoms with Gasteiger partial charge in [-0.05, 0) is 24.6 Å². The molecule has 9 heteroatoms. The summed E-state index contributed by atoms with van der Waals surface area (Å²) in [7, 11) is 0. The lowest BCUT2D eigenvalue weighted by Gasteiger charge is -2.31. The number of morpholine rings is 1. The molecule has 3 rings (SSSR count). The van der Waals surface area contributed by atoms with E-state index in [4.69, 9.17) is 9.15 Å². The van der Waals surface area contributed by atoms with Gasteiger partial charge in [0.15, 0.2) is 0 Å². The van der Waals surface area contributed by atoms with Gasteiger partial charge in [0.1, 0.15) is 12.3 Å². The minimum absolute atomic E-state index is 0.195. The summed E-state index contributed by atoms with van der Waals surface area (Å²) in [4.78, 5) is 15.7. The Balaban J connectivity index is 1.68. The van der Waals surface area contributed by atoms with Crippen LogP contribution < -0.4 is 5.32 Å². The zero-order chi connectivity index (χ0) is 22.3. The summed E-state index contributed by atoms with van der Waals surface area (Å²) < 4.78 is 49.7.